The van der Waals surface area contributed by atoms with E-state index in [9.17, 15) is 9.90 Å². The SMILES string of the molecule is O=C1/C(=N\Nc2cccc3ccccc23)C=Cc2cccc(O)c21. The molecule has 0 bridgehead atoms. The van der Waals surface area contributed by atoms with Crippen LogP contribution in [-0.4, -0.2) is 16.6 Å². The van der Waals surface area contributed by atoms with Crippen LogP contribution in [0.25, 0.3) is 16.8 Å². The minimum absolute atomic E-state index is 0.0280. The second-order valence-electron chi connectivity index (χ2n) is 5.54. The number of nitrogens with one attached hydrogen (secondary N) is 1. The van der Waals surface area contributed by atoms with Crippen LogP contribution in [0.5, 0.6) is 5.75 Å². The second kappa shape index (κ2) is 5.66. The van der Waals surface area contributed by atoms with Crippen LogP contribution >= 0.6 is 0 Å². The zero-order valence-corrected chi connectivity index (χ0v) is 12.7. The zero-order valence-electron chi connectivity index (χ0n) is 12.7. The molecule has 4 nitrogen and oxygen atoms in total. The Morgan fingerprint density at radius 1 is 0.875 bits per heavy atom. The van der Waals surface area contributed by atoms with Crippen molar-refractivity contribution in [3.8, 4) is 5.75 Å². The van der Waals surface area contributed by atoms with Gasteiger partial charge in [-0.25, -0.2) is 0 Å². The number of phenols is 1. The first-order valence-electron chi connectivity index (χ1n) is 7.60. The maximum absolute atomic E-state index is 12.5. The fourth-order valence-electron chi connectivity index (χ4n) is 2.85. The molecule has 1 aliphatic carbocycles. The first kappa shape index (κ1) is 14.2. The van der Waals surface area contributed by atoms with Crippen LogP contribution in [0, 0.1) is 0 Å². The predicted octanol–water partition coefficient (Wildman–Crippen LogP) is 4.22. The van der Waals surface area contributed by atoms with E-state index in [1.54, 1.807) is 24.3 Å². The molecule has 0 atom stereocenters. The van der Waals surface area contributed by atoms with Gasteiger partial charge in [-0.15, -0.1) is 0 Å². The summed E-state index contributed by atoms with van der Waals surface area (Å²) in [5.41, 5.74) is 5.05. The summed E-state index contributed by atoms with van der Waals surface area (Å²) in [5.74, 6) is -0.321. The highest BCUT2D eigenvalue weighted by molar-refractivity contribution is 6.52. The number of carbonyl (C=O) groups is 1. The van der Waals surface area contributed by atoms with Crippen LogP contribution in [-0.2, 0) is 0 Å². The minimum Gasteiger partial charge on any atom is -0.507 e. The number of hydrogen-bond acceptors (Lipinski definition) is 4. The van der Waals surface area contributed by atoms with Crippen molar-refractivity contribution < 1.29 is 9.90 Å². The van der Waals surface area contributed by atoms with Crippen molar-refractivity contribution in [3.63, 3.8) is 0 Å². The quantitative estimate of drug-likeness (QED) is 0.696. The molecule has 0 radical (unpaired) electrons. The van der Waals surface area contributed by atoms with Crippen molar-refractivity contribution in [1.29, 1.82) is 0 Å². The molecule has 0 amide bonds. The van der Waals surface area contributed by atoms with E-state index >= 15 is 0 Å². The fraction of sp³-hybridized carbons (Fsp3) is 0. The molecule has 0 aliphatic heterocycles. The lowest BCUT2D eigenvalue weighted by molar-refractivity contribution is 0.106. The third-order valence-electron chi connectivity index (χ3n) is 4.04. The third-order valence-corrected chi connectivity index (χ3v) is 4.04. The normalized spacial score (nSPS) is 14.8. The maximum atomic E-state index is 12.5. The van der Waals surface area contributed by atoms with Gasteiger partial charge in [-0.3, -0.25) is 10.2 Å². The average Bonchev–Trinajstić information content (AvgIpc) is 2.61. The molecule has 0 saturated heterocycles. The first-order chi connectivity index (χ1) is 11.7. The van der Waals surface area contributed by atoms with Crippen LogP contribution < -0.4 is 5.43 Å². The number of hydrazone groups is 1. The van der Waals surface area contributed by atoms with Crippen molar-refractivity contribution in [1.82, 2.24) is 0 Å². The summed E-state index contributed by atoms with van der Waals surface area (Å²) in [6.45, 7) is 0. The Bertz CT molecular complexity index is 1010. The van der Waals surface area contributed by atoms with Gasteiger partial charge in [0, 0.05) is 5.39 Å². The van der Waals surface area contributed by atoms with Crippen LogP contribution in [0.3, 0.4) is 0 Å². The monoisotopic (exact) mass is 314 g/mol. The number of carbonyl (C=O) groups excluding carboxylic acids is 1. The molecule has 116 valence electrons. The van der Waals surface area contributed by atoms with Crippen LogP contribution in [0.15, 0.2) is 71.8 Å². The van der Waals surface area contributed by atoms with Crippen LogP contribution in [0.4, 0.5) is 5.69 Å². The van der Waals surface area contributed by atoms with Gasteiger partial charge in [-0.05, 0) is 29.2 Å². The molecule has 0 fully saturated rings. The summed E-state index contributed by atoms with van der Waals surface area (Å²) in [4.78, 5) is 12.5. The number of aromatic hydroxyl groups is 1. The van der Waals surface area contributed by atoms with E-state index in [2.05, 4.69) is 10.5 Å². The summed E-state index contributed by atoms with van der Waals surface area (Å²) in [6.07, 6.45) is 3.43. The average molecular weight is 314 g/mol. The Labute approximate surface area is 138 Å². The van der Waals surface area contributed by atoms with E-state index in [1.807, 2.05) is 42.5 Å². The Kier molecular flexibility index (Phi) is 3.35. The van der Waals surface area contributed by atoms with Gasteiger partial charge in [0.2, 0.25) is 5.78 Å². The van der Waals surface area contributed by atoms with Gasteiger partial charge in [-0.2, -0.15) is 5.10 Å². The van der Waals surface area contributed by atoms with Crippen molar-refractivity contribution in [2.75, 3.05) is 5.43 Å². The highest BCUT2D eigenvalue weighted by Gasteiger charge is 2.22. The van der Waals surface area contributed by atoms with Gasteiger partial charge in [0.15, 0.2) is 0 Å². The zero-order chi connectivity index (χ0) is 16.5. The van der Waals surface area contributed by atoms with Crippen LogP contribution in [0.2, 0.25) is 0 Å². The lowest BCUT2D eigenvalue weighted by Gasteiger charge is -2.13. The molecule has 24 heavy (non-hydrogen) atoms. The molecule has 4 rings (SSSR count). The number of hydrogen-bond donors (Lipinski definition) is 2. The van der Waals surface area contributed by atoms with E-state index in [0.29, 0.717) is 11.1 Å². The largest absolute Gasteiger partial charge is 0.507 e. The molecule has 0 saturated carbocycles. The highest BCUT2D eigenvalue weighted by atomic mass is 16.3. The standard InChI is InChI=1S/C20H14N2O2/c23-18-10-4-7-14-11-12-17(20(24)19(14)18)22-21-16-9-3-6-13-5-1-2-8-15(13)16/h1-12,21,23H/b22-17-. The summed E-state index contributed by atoms with van der Waals surface area (Å²) in [7, 11) is 0. The Morgan fingerprint density at radius 3 is 2.58 bits per heavy atom. The molecular formula is C20H14N2O2. The number of ketones is 1. The predicted molar refractivity (Wildman–Crippen MR) is 96.5 cm³/mol. The van der Waals surface area contributed by atoms with Gasteiger partial charge in [-0.1, -0.05) is 54.6 Å². The van der Waals surface area contributed by atoms with E-state index in [0.717, 1.165) is 16.5 Å². The number of benzene rings is 3. The maximum Gasteiger partial charge on any atom is 0.217 e. The Hall–Kier alpha value is -3.40. The number of nitrogens with zero attached hydrogens (tertiary/aromatic N) is 1. The second-order valence-corrected chi connectivity index (χ2v) is 5.54. The number of rotatable bonds is 2. The smallest absolute Gasteiger partial charge is 0.217 e. The Morgan fingerprint density at radius 2 is 1.67 bits per heavy atom. The lowest BCUT2D eigenvalue weighted by atomic mass is 9.94. The van der Waals surface area contributed by atoms with E-state index in [1.165, 1.54) is 6.07 Å². The molecule has 2 N–H and O–H groups in total. The summed E-state index contributed by atoms with van der Waals surface area (Å²) < 4.78 is 0. The molecular weight excluding hydrogens is 300 g/mol. The number of allylic oxidation sites excluding steroid dienone is 1. The first-order valence-corrected chi connectivity index (χ1v) is 7.60. The molecule has 0 unspecified atom stereocenters. The topological polar surface area (TPSA) is 61.7 Å². The van der Waals surface area contributed by atoms with E-state index in [4.69, 9.17) is 0 Å². The summed E-state index contributed by atoms with van der Waals surface area (Å²) >= 11 is 0. The van der Waals surface area contributed by atoms with Crippen molar-refractivity contribution >= 4 is 34.0 Å². The van der Waals surface area contributed by atoms with Crippen molar-refractivity contribution in [2.45, 2.75) is 0 Å². The van der Waals surface area contributed by atoms with Gasteiger partial charge in [0.1, 0.15) is 11.5 Å². The fourth-order valence-corrected chi connectivity index (χ4v) is 2.85. The molecule has 0 heterocycles. The van der Waals surface area contributed by atoms with Gasteiger partial charge >= 0.3 is 0 Å². The van der Waals surface area contributed by atoms with Gasteiger partial charge < -0.3 is 5.11 Å². The molecule has 0 spiro atoms. The van der Waals surface area contributed by atoms with Crippen molar-refractivity contribution in [2.24, 2.45) is 5.10 Å². The highest BCUT2D eigenvalue weighted by Crippen LogP contribution is 2.27. The number of Topliss-reactive ketones (excluding diaryl/α,β-unsaturated/α-hetero) is 1. The van der Waals surface area contributed by atoms with Gasteiger partial charge in [0.25, 0.3) is 0 Å². The third kappa shape index (κ3) is 2.34. The number of phenolic OH excluding ortho intramolecular Hbond substituents is 1. The minimum atomic E-state index is -0.293. The molecule has 1 aliphatic rings. The van der Waals surface area contributed by atoms with E-state index < -0.39 is 0 Å². The van der Waals surface area contributed by atoms with Gasteiger partial charge in [0.05, 0.1) is 11.3 Å². The summed E-state index contributed by atoms with van der Waals surface area (Å²) in [5, 5.41) is 16.3. The molecule has 3 aromatic rings. The Balaban J connectivity index is 1.70. The molecule has 0 aromatic heterocycles. The number of anilines is 1. The van der Waals surface area contributed by atoms with E-state index in [-0.39, 0.29) is 17.2 Å². The number of fused-ring (bicyclic) bond motifs is 2. The molecule has 4 heteroatoms. The van der Waals surface area contributed by atoms with Crippen LogP contribution in [0.1, 0.15) is 15.9 Å². The molecule has 3 aromatic carbocycles. The summed E-state index contributed by atoms with van der Waals surface area (Å²) in [6, 6.07) is 18.8. The van der Waals surface area contributed by atoms with Crippen molar-refractivity contribution in [3.05, 3.63) is 77.9 Å². The lowest BCUT2D eigenvalue weighted by Crippen LogP contribution is -2.18.